The summed E-state index contributed by atoms with van der Waals surface area (Å²) < 4.78 is 31.9. The van der Waals surface area contributed by atoms with E-state index in [0.717, 1.165) is 5.56 Å². The van der Waals surface area contributed by atoms with E-state index in [9.17, 15) is 4.39 Å². The molecule has 1 heterocycles. The zero-order valence-electron chi connectivity index (χ0n) is 14.5. The second kappa shape index (κ2) is 6.23. The van der Waals surface area contributed by atoms with E-state index in [2.05, 4.69) is 0 Å². The van der Waals surface area contributed by atoms with Crippen molar-refractivity contribution in [1.29, 1.82) is 0 Å². The highest BCUT2D eigenvalue weighted by molar-refractivity contribution is 6.62. The van der Waals surface area contributed by atoms with Gasteiger partial charge < -0.3 is 14.0 Å². The molecule has 1 saturated heterocycles. The molecule has 126 valence electrons. The molecule has 0 bridgehead atoms. The summed E-state index contributed by atoms with van der Waals surface area (Å²) >= 11 is 0. The van der Waals surface area contributed by atoms with Crippen LogP contribution in [0.3, 0.4) is 0 Å². The van der Waals surface area contributed by atoms with Crippen molar-refractivity contribution < 1.29 is 18.4 Å². The lowest BCUT2D eigenvalue weighted by atomic mass is 9.78. The summed E-state index contributed by atoms with van der Waals surface area (Å²) in [6.45, 7) is 8.21. The maximum Gasteiger partial charge on any atom is 0.497 e. The zero-order chi connectivity index (χ0) is 17.4. The smallest absolute Gasteiger partial charge is 0.489 e. The standard InChI is InChI=1S/C19H22BFO3/c1-18(2)19(3,4)24-20(23-18)16-12-15(10-11-17(16)21)22-13-14-8-6-5-7-9-14/h5-12H,13H2,1-4H3. The maximum atomic E-state index is 14.3. The molecule has 0 unspecified atom stereocenters. The van der Waals surface area contributed by atoms with Gasteiger partial charge in [-0.05, 0) is 51.5 Å². The van der Waals surface area contributed by atoms with E-state index in [1.54, 1.807) is 12.1 Å². The van der Waals surface area contributed by atoms with Gasteiger partial charge in [0.25, 0.3) is 0 Å². The highest BCUT2D eigenvalue weighted by Crippen LogP contribution is 2.36. The first-order valence-corrected chi connectivity index (χ1v) is 8.10. The average molecular weight is 328 g/mol. The fourth-order valence-electron chi connectivity index (χ4n) is 2.50. The third kappa shape index (κ3) is 3.33. The minimum absolute atomic E-state index is 0.360. The Morgan fingerprint density at radius 3 is 2.21 bits per heavy atom. The first kappa shape index (κ1) is 17.0. The van der Waals surface area contributed by atoms with Gasteiger partial charge in [0, 0.05) is 5.46 Å². The van der Waals surface area contributed by atoms with Crippen molar-refractivity contribution in [2.75, 3.05) is 0 Å². The van der Waals surface area contributed by atoms with Crippen LogP contribution in [0.2, 0.25) is 0 Å². The van der Waals surface area contributed by atoms with Crippen molar-refractivity contribution in [3.05, 3.63) is 59.9 Å². The van der Waals surface area contributed by atoms with Crippen LogP contribution < -0.4 is 10.2 Å². The van der Waals surface area contributed by atoms with Gasteiger partial charge in [-0.15, -0.1) is 0 Å². The fourth-order valence-corrected chi connectivity index (χ4v) is 2.50. The Morgan fingerprint density at radius 1 is 0.958 bits per heavy atom. The zero-order valence-corrected chi connectivity index (χ0v) is 14.5. The van der Waals surface area contributed by atoms with Crippen molar-refractivity contribution >= 4 is 12.6 Å². The van der Waals surface area contributed by atoms with Crippen LogP contribution in [0.5, 0.6) is 5.75 Å². The van der Waals surface area contributed by atoms with Crippen molar-refractivity contribution in [1.82, 2.24) is 0 Å². The van der Waals surface area contributed by atoms with E-state index in [0.29, 0.717) is 17.8 Å². The van der Waals surface area contributed by atoms with E-state index in [1.807, 2.05) is 58.0 Å². The van der Waals surface area contributed by atoms with Gasteiger partial charge in [-0.25, -0.2) is 4.39 Å². The van der Waals surface area contributed by atoms with Gasteiger partial charge in [-0.3, -0.25) is 0 Å². The Hall–Kier alpha value is -1.85. The summed E-state index contributed by atoms with van der Waals surface area (Å²) in [7, 11) is -0.740. The normalized spacial score (nSPS) is 18.6. The Labute approximate surface area is 142 Å². The third-order valence-corrected chi connectivity index (χ3v) is 4.72. The molecule has 5 heteroatoms. The molecule has 0 aliphatic carbocycles. The van der Waals surface area contributed by atoms with Gasteiger partial charge in [-0.1, -0.05) is 30.3 Å². The molecule has 1 aliphatic rings. The maximum absolute atomic E-state index is 14.3. The van der Waals surface area contributed by atoms with Crippen LogP contribution in [-0.4, -0.2) is 18.3 Å². The Morgan fingerprint density at radius 2 is 1.58 bits per heavy atom. The van der Waals surface area contributed by atoms with Crippen LogP contribution in [0.4, 0.5) is 4.39 Å². The summed E-state index contributed by atoms with van der Waals surface area (Å²) in [5, 5.41) is 0. The van der Waals surface area contributed by atoms with E-state index in [4.69, 9.17) is 14.0 Å². The Kier molecular flexibility index (Phi) is 4.41. The molecular formula is C19H22BFO3. The van der Waals surface area contributed by atoms with Crippen LogP contribution >= 0.6 is 0 Å². The van der Waals surface area contributed by atoms with E-state index < -0.39 is 18.3 Å². The fraction of sp³-hybridized carbons (Fsp3) is 0.368. The van der Waals surface area contributed by atoms with E-state index in [1.165, 1.54) is 6.07 Å². The second-order valence-corrected chi connectivity index (χ2v) is 7.05. The van der Waals surface area contributed by atoms with Gasteiger partial charge in [0.2, 0.25) is 0 Å². The Balaban J connectivity index is 1.78. The molecule has 2 aromatic rings. The molecule has 1 fully saturated rings. The molecule has 0 spiro atoms. The molecule has 0 amide bonds. The minimum atomic E-state index is -0.740. The predicted octanol–water partition coefficient (Wildman–Crippen LogP) is 3.70. The molecule has 0 saturated carbocycles. The van der Waals surface area contributed by atoms with Crippen molar-refractivity contribution in [3.63, 3.8) is 0 Å². The highest BCUT2D eigenvalue weighted by atomic mass is 19.1. The minimum Gasteiger partial charge on any atom is -0.489 e. The lowest BCUT2D eigenvalue weighted by molar-refractivity contribution is 0.00578. The first-order chi connectivity index (χ1) is 11.3. The average Bonchev–Trinajstić information content (AvgIpc) is 2.75. The van der Waals surface area contributed by atoms with Crippen LogP contribution in [0, 0.1) is 5.82 Å². The van der Waals surface area contributed by atoms with Crippen molar-refractivity contribution in [3.8, 4) is 5.75 Å². The third-order valence-electron chi connectivity index (χ3n) is 4.72. The number of ether oxygens (including phenoxy) is 1. The number of hydrogen-bond acceptors (Lipinski definition) is 3. The number of halogens is 1. The molecule has 0 atom stereocenters. The summed E-state index contributed by atoms with van der Waals surface area (Å²) in [4.78, 5) is 0. The molecule has 24 heavy (non-hydrogen) atoms. The van der Waals surface area contributed by atoms with E-state index in [-0.39, 0.29) is 5.82 Å². The second-order valence-electron chi connectivity index (χ2n) is 7.05. The number of benzene rings is 2. The van der Waals surface area contributed by atoms with Crippen molar-refractivity contribution in [2.45, 2.75) is 45.5 Å². The van der Waals surface area contributed by atoms with Gasteiger partial charge in [-0.2, -0.15) is 0 Å². The quantitative estimate of drug-likeness (QED) is 0.801. The topological polar surface area (TPSA) is 27.7 Å². The monoisotopic (exact) mass is 328 g/mol. The predicted molar refractivity (Wildman–Crippen MR) is 92.9 cm³/mol. The van der Waals surface area contributed by atoms with Crippen LogP contribution in [-0.2, 0) is 15.9 Å². The lowest BCUT2D eigenvalue weighted by Crippen LogP contribution is -2.41. The summed E-state index contributed by atoms with van der Waals surface area (Å²) in [6, 6.07) is 14.5. The van der Waals surface area contributed by atoms with Gasteiger partial charge in [0.1, 0.15) is 18.2 Å². The molecule has 0 N–H and O–H groups in total. The van der Waals surface area contributed by atoms with Crippen LogP contribution in [0.25, 0.3) is 0 Å². The molecular weight excluding hydrogens is 306 g/mol. The van der Waals surface area contributed by atoms with Crippen molar-refractivity contribution in [2.24, 2.45) is 0 Å². The summed E-state index contributed by atoms with van der Waals surface area (Å²) in [5.41, 5.74) is 0.397. The van der Waals surface area contributed by atoms with Gasteiger partial charge in [0.05, 0.1) is 11.2 Å². The van der Waals surface area contributed by atoms with Crippen LogP contribution in [0.15, 0.2) is 48.5 Å². The van der Waals surface area contributed by atoms with E-state index >= 15 is 0 Å². The van der Waals surface area contributed by atoms with Crippen LogP contribution in [0.1, 0.15) is 33.3 Å². The molecule has 1 aliphatic heterocycles. The summed E-state index contributed by atoms with van der Waals surface area (Å²) in [6.07, 6.45) is 0. The highest BCUT2D eigenvalue weighted by Gasteiger charge is 2.52. The molecule has 3 nitrogen and oxygen atoms in total. The SMILES string of the molecule is CC1(C)OB(c2cc(OCc3ccccc3)ccc2F)OC1(C)C. The molecule has 3 rings (SSSR count). The molecule has 0 radical (unpaired) electrons. The van der Waals surface area contributed by atoms with Gasteiger partial charge >= 0.3 is 7.12 Å². The summed E-state index contributed by atoms with van der Waals surface area (Å²) in [5.74, 6) is 0.227. The molecule has 2 aromatic carbocycles. The molecule has 0 aromatic heterocycles. The Bertz CT molecular complexity index is 700. The number of rotatable bonds is 4. The largest absolute Gasteiger partial charge is 0.497 e. The lowest BCUT2D eigenvalue weighted by Gasteiger charge is -2.32. The first-order valence-electron chi connectivity index (χ1n) is 8.10. The van der Waals surface area contributed by atoms with Gasteiger partial charge in [0.15, 0.2) is 0 Å². The number of hydrogen-bond donors (Lipinski definition) is 0.